The molecular weight excluding hydrogens is 262 g/mol. The van der Waals surface area contributed by atoms with Crippen molar-refractivity contribution in [1.82, 2.24) is 24.8 Å². The molecule has 1 aliphatic heterocycles. The molecule has 20 heavy (non-hydrogen) atoms. The van der Waals surface area contributed by atoms with Crippen LogP contribution >= 0.6 is 0 Å². The Bertz CT molecular complexity index is 525. The van der Waals surface area contributed by atoms with E-state index in [1.165, 1.54) is 10.9 Å². The lowest BCUT2D eigenvalue weighted by Gasteiger charge is -2.45. The van der Waals surface area contributed by atoms with E-state index in [1.807, 2.05) is 7.05 Å². The van der Waals surface area contributed by atoms with Crippen LogP contribution in [0.2, 0.25) is 0 Å². The van der Waals surface area contributed by atoms with Gasteiger partial charge in [-0.3, -0.25) is 9.69 Å². The van der Waals surface area contributed by atoms with Crippen molar-refractivity contribution in [2.75, 3.05) is 26.7 Å². The van der Waals surface area contributed by atoms with Gasteiger partial charge in [0.1, 0.15) is 6.54 Å². The average molecular weight is 281 g/mol. The summed E-state index contributed by atoms with van der Waals surface area (Å²) in [7, 11) is 2.04. The molecule has 8 nitrogen and oxygen atoms in total. The highest BCUT2D eigenvalue weighted by molar-refractivity contribution is 5.84. The van der Waals surface area contributed by atoms with Gasteiger partial charge in [-0.15, -0.1) is 5.10 Å². The van der Waals surface area contributed by atoms with Crippen LogP contribution in [0.5, 0.6) is 0 Å². The lowest BCUT2D eigenvalue weighted by Crippen LogP contribution is -2.59. The van der Waals surface area contributed by atoms with Crippen LogP contribution < -0.4 is 0 Å². The third-order valence-electron chi connectivity index (χ3n) is 3.72. The minimum absolute atomic E-state index is 0.0140. The summed E-state index contributed by atoms with van der Waals surface area (Å²) in [5.74, 6) is -1.22. The molecule has 0 spiro atoms. The van der Waals surface area contributed by atoms with E-state index < -0.39 is 5.97 Å². The number of rotatable bonds is 3. The Hall–Kier alpha value is -1.96. The maximum Gasteiger partial charge on any atom is 0.358 e. The second-order valence-electron chi connectivity index (χ2n) is 5.66. The van der Waals surface area contributed by atoms with E-state index in [1.54, 1.807) is 4.90 Å². The molecule has 0 unspecified atom stereocenters. The fraction of sp³-hybridized carbons (Fsp3) is 0.667. The Morgan fingerprint density at radius 1 is 1.40 bits per heavy atom. The number of likely N-dealkylation sites (N-methyl/N-ethyl adjacent to an activating group) is 1. The molecule has 0 bridgehead atoms. The van der Waals surface area contributed by atoms with E-state index >= 15 is 0 Å². The Kier molecular flexibility index (Phi) is 3.76. The smallest absolute Gasteiger partial charge is 0.358 e. The minimum Gasteiger partial charge on any atom is -0.476 e. The molecule has 0 saturated carbocycles. The standard InChI is InChI=1S/C12H19N5O3/c1-12(2)8-16(5-4-15(12)3)10(18)7-17-6-9(11(19)20)13-14-17/h6H,4-5,7-8H2,1-3H3,(H,19,20). The first-order valence-corrected chi connectivity index (χ1v) is 6.42. The molecule has 2 heterocycles. The summed E-state index contributed by atoms with van der Waals surface area (Å²) < 4.78 is 1.26. The predicted octanol–water partition coefficient (Wildman–Crippen LogP) is -0.471. The van der Waals surface area contributed by atoms with Crippen LogP contribution in [0.3, 0.4) is 0 Å². The first-order chi connectivity index (χ1) is 9.29. The fourth-order valence-electron chi connectivity index (χ4n) is 2.17. The van der Waals surface area contributed by atoms with Gasteiger partial charge in [-0.1, -0.05) is 5.21 Å². The van der Waals surface area contributed by atoms with E-state index in [2.05, 4.69) is 29.1 Å². The minimum atomic E-state index is -1.15. The monoisotopic (exact) mass is 281 g/mol. The number of piperazine rings is 1. The number of hydrogen-bond acceptors (Lipinski definition) is 5. The zero-order valence-corrected chi connectivity index (χ0v) is 11.9. The molecule has 1 amide bonds. The SMILES string of the molecule is CN1CCN(C(=O)Cn2cc(C(=O)O)nn2)CC1(C)C. The van der Waals surface area contributed by atoms with E-state index in [0.29, 0.717) is 13.1 Å². The van der Waals surface area contributed by atoms with Gasteiger partial charge in [0.25, 0.3) is 0 Å². The van der Waals surface area contributed by atoms with Crippen molar-refractivity contribution in [3.05, 3.63) is 11.9 Å². The molecule has 8 heteroatoms. The Morgan fingerprint density at radius 2 is 2.10 bits per heavy atom. The second kappa shape index (κ2) is 5.20. The maximum atomic E-state index is 12.2. The second-order valence-corrected chi connectivity index (χ2v) is 5.66. The topological polar surface area (TPSA) is 91.6 Å². The highest BCUT2D eigenvalue weighted by Gasteiger charge is 2.33. The molecule has 1 N–H and O–H groups in total. The molecule has 1 aromatic rings. The number of aromatic nitrogens is 3. The number of carboxylic acid groups (broad SMARTS) is 1. The van der Waals surface area contributed by atoms with E-state index in [9.17, 15) is 9.59 Å². The van der Waals surface area contributed by atoms with Crippen molar-refractivity contribution in [2.24, 2.45) is 0 Å². The molecule has 1 fully saturated rings. The van der Waals surface area contributed by atoms with Crippen LogP contribution in [-0.4, -0.2) is 74.0 Å². The van der Waals surface area contributed by atoms with E-state index in [4.69, 9.17) is 5.11 Å². The predicted molar refractivity (Wildman–Crippen MR) is 70.3 cm³/mol. The summed E-state index contributed by atoms with van der Waals surface area (Å²) in [5.41, 5.74) is -0.223. The molecule has 0 aliphatic carbocycles. The van der Waals surface area contributed by atoms with Crippen molar-refractivity contribution in [2.45, 2.75) is 25.9 Å². The highest BCUT2D eigenvalue weighted by Crippen LogP contribution is 2.18. The van der Waals surface area contributed by atoms with Gasteiger partial charge < -0.3 is 10.0 Å². The van der Waals surface area contributed by atoms with E-state index in [-0.39, 0.29) is 23.7 Å². The summed E-state index contributed by atoms with van der Waals surface area (Å²) in [6, 6.07) is 0. The molecule has 0 aromatic carbocycles. The number of carbonyl (C=O) groups excluding carboxylic acids is 1. The van der Waals surface area contributed by atoms with Gasteiger partial charge in [-0.25, -0.2) is 9.48 Å². The van der Waals surface area contributed by atoms with Crippen LogP contribution in [0.15, 0.2) is 6.20 Å². The lowest BCUT2D eigenvalue weighted by atomic mass is 10.00. The summed E-state index contributed by atoms with van der Waals surface area (Å²) in [6.45, 7) is 6.31. The van der Waals surface area contributed by atoms with E-state index in [0.717, 1.165) is 6.54 Å². The van der Waals surface area contributed by atoms with Crippen LogP contribution in [0, 0.1) is 0 Å². The maximum absolute atomic E-state index is 12.2. The third kappa shape index (κ3) is 2.96. The fourth-order valence-corrected chi connectivity index (χ4v) is 2.17. The number of carbonyl (C=O) groups is 2. The molecular formula is C12H19N5O3. The molecule has 0 atom stereocenters. The van der Waals surface area contributed by atoms with Gasteiger partial charge in [0.05, 0.1) is 6.20 Å². The van der Waals surface area contributed by atoms with Gasteiger partial charge >= 0.3 is 5.97 Å². The summed E-state index contributed by atoms with van der Waals surface area (Å²) >= 11 is 0. The largest absolute Gasteiger partial charge is 0.476 e. The summed E-state index contributed by atoms with van der Waals surface area (Å²) in [6.07, 6.45) is 1.27. The van der Waals surface area contributed by atoms with Crippen molar-refractivity contribution in [1.29, 1.82) is 0 Å². The summed E-state index contributed by atoms with van der Waals surface area (Å²) in [5, 5.41) is 15.9. The molecule has 110 valence electrons. The Balaban J connectivity index is 1.99. The first-order valence-electron chi connectivity index (χ1n) is 6.42. The quantitative estimate of drug-likeness (QED) is 0.805. The molecule has 1 aromatic heterocycles. The number of carboxylic acids is 1. The normalized spacial score (nSPS) is 19.1. The lowest BCUT2D eigenvalue weighted by molar-refractivity contribution is -0.136. The number of aromatic carboxylic acids is 1. The number of amides is 1. The first kappa shape index (κ1) is 14.4. The Morgan fingerprint density at radius 3 is 2.65 bits per heavy atom. The molecule has 1 saturated heterocycles. The van der Waals surface area contributed by atoms with Crippen molar-refractivity contribution in [3.8, 4) is 0 Å². The van der Waals surface area contributed by atoms with Gasteiger partial charge in [0.15, 0.2) is 5.69 Å². The number of nitrogens with zero attached hydrogens (tertiary/aromatic N) is 5. The molecule has 1 aliphatic rings. The highest BCUT2D eigenvalue weighted by atomic mass is 16.4. The summed E-state index contributed by atoms with van der Waals surface area (Å²) in [4.78, 5) is 26.9. The molecule has 0 radical (unpaired) electrons. The third-order valence-corrected chi connectivity index (χ3v) is 3.72. The van der Waals surface area contributed by atoms with Crippen molar-refractivity contribution in [3.63, 3.8) is 0 Å². The zero-order chi connectivity index (χ0) is 14.9. The Labute approximate surface area is 117 Å². The van der Waals surface area contributed by atoms with Crippen LogP contribution in [-0.2, 0) is 11.3 Å². The van der Waals surface area contributed by atoms with Crippen LogP contribution in [0.4, 0.5) is 0 Å². The zero-order valence-electron chi connectivity index (χ0n) is 11.9. The molecule has 2 rings (SSSR count). The van der Waals surface area contributed by atoms with Gasteiger partial charge in [0.2, 0.25) is 5.91 Å². The van der Waals surface area contributed by atoms with Gasteiger partial charge in [0, 0.05) is 25.2 Å². The number of hydrogen-bond donors (Lipinski definition) is 1. The van der Waals surface area contributed by atoms with Crippen molar-refractivity contribution < 1.29 is 14.7 Å². The van der Waals surface area contributed by atoms with Gasteiger partial charge in [-0.05, 0) is 20.9 Å². The van der Waals surface area contributed by atoms with Crippen molar-refractivity contribution >= 4 is 11.9 Å². The van der Waals surface area contributed by atoms with Gasteiger partial charge in [-0.2, -0.15) is 0 Å². The van der Waals surface area contributed by atoms with Crippen LogP contribution in [0.25, 0.3) is 0 Å². The average Bonchev–Trinajstić information content (AvgIpc) is 2.81. The van der Waals surface area contributed by atoms with Crippen LogP contribution in [0.1, 0.15) is 24.3 Å².